The number of aromatic nitrogens is 3. The Labute approximate surface area is 158 Å². The van der Waals surface area contributed by atoms with Gasteiger partial charge in [-0.1, -0.05) is 17.3 Å². The van der Waals surface area contributed by atoms with Gasteiger partial charge in [0.1, 0.15) is 4.90 Å². The molecule has 1 aliphatic rings. The Bertz CT molecular complexity index is 1120. The number of hydrogen-bond donors (Lipinski definition) is 2. The van der Waals surface area contributed by atoms with E-state index in [1.165, 1.54) is 0 Å². The lowest BCUT2D eigenvalue weighted by Gasteiger charge is -2.13. The standard InChI is InChI=1S/C19H22N4O3S/c1-10-6-5-7-15(11(10)2)23-27(24,25)17-13(4)20-12(3)16(17)19-21-18(22-26-19)14-8-9-14/h5-7,14,20,23H,8-9H2,1-4H3. The van der Waals surface area contributed by atoms with Gasteiger partial charge in [0.05, 0.1) is 11.3 Å². The van der Waals surface area contributed by atoms with E-state index in [1.807, 2.05) is 26.0 Å². The van der Waals surface area contributed by atoms with Gasteiger partial charge in [-0.25, -0.2) is 8.42 Å². The van der Waals surface area contributed by atoms with E-state index in [0.717, 1.165) is 24.0 Å². The lowest BCUT2D eigenvalue weighted by molar-refractivity contribution is 0.421. The monoisotopic (exact) mass is 386 g/mol. The Morgan fingerprint density at radius 3 is 2.59 bits per heavy atom. The normalized spacial score (nSPS) is 14.5. The Hall–Kier alpha value is -2.61. The van der Waals surface area contributed by atoms with E-state index >= 15 is 0 Å². The molecule has 0 saturated heterocycles. The van der Waals surface area contributed by atoms with Crippen molar-refractivity contribution in [2.24, 2.45) is 0 Å². The van der Waals surface area contributed by atoms with Crippen LogP contribution in [0.2, 0.25) is 0 Å². The van der Waals surface area contributed by atoms with Crippen molar-refractivity contribution in [2.75, 3.05) is 4.72 Å². The first kappa shape index (κ1) is 17.8. The molecule has 2 heterocycles. The highest BCUT2D eigenvalue weighted by Crippen LogP contribution is 2.40. The zero-order valence-electron chi connectivity index (χ0n) is 15.8. The van der Waals surface area contributed by atoms with Gasteiger partial charge in [-0.2, -0.15) is 4.98 Å². The van der Waals surface area contributed by atoms with Crippen molar-refractivity contribution in [1.29, 1.82) is 0 Å². The van der Waals surface area contributed by atoms with Crippen molar-refractivity contribution in [3.63, 3.8) is 0 Å². The van der Waals surface area contributed by atoms with Crippen molar-refractivity contribution >= 4 is 15.7 Å². The summed E-state index contributed by atoms with van der Waals surface area (Å²) in [6, 6.07) is 5.53. The van der Waals surface area contributed by atoms with E-state index in [-0.39, 0.29) is 10.8 Å². The number of H-pyrrole nitrogens is 1. The molecular weight excluding hydrogens is 364 g/mol. The molecule has 3 aromatic rings. The molecule has 0 bridgehead atoms. The molecule has 1 saturated carbocycles. The van der Waals surface area contributed by atoms with E-state index in [2.05, 4.69) is 19.8 Å². The highest BCUT2D eigenvalue weighted by molar-refractivity contribution is 7.93. The van der Waals surface area contributed by atoms with Gasteiger partial charge in [0, 0.05) is 17.3 Å². The Balaban J connectivity index is 1.79. The molecule has 2 N–H and O–H groups in total. The number of benzene rings is 1. The zero-order valence-corrected chi connectivity index (χ0v) is 16.6. The van der Waals surface area contributed by atoms with E-state index in [4.69, 9.17) is 4.52 Å². The summed E-state index contributed by atoms with van der Waals surface area (Å²) in [5, 5.41) is 4.02. The molecule has 1 fully saturated rings. The van der Waals surface area contributed by atoms with Crippen LogP contribution in [0.4, 0.5) is 5.69 Å². The van der Waals surface area contributed by atoms with E-state index < -0.39 is 10.0 Å². The zero-order chi connectivity index (χ0) is 19.3. The molecule has 4 rings (SSSR count). The van der Waals surface area contributed by atoms with Crippen LogP contribution in [0.1, 0.15) is 47.1 Å². The number of aryl methyl sites for hydroxylation is 3. The summed E-state index contributed by atoms with van der Waals surface area (Å²) in [6.07, 6.45) is 2.09. The minimum absolute atomic E-state index is 0.145. The third-order valence-electron chi connectivity index (χ3n) is 5.03. The van der Waals surface area contributed by atoms with Crippen molar-refractivity contribution < 1.29 is 12.9 Å². The maximum absolute atomic E-state index is 13.2. The van der Waals surface area contributed by atoms with Crippen LogP contribution < -0.4 is 4.72 Å². The highest BCUT2D eigenvalue weighted by Gasteiger charge is 2.33. The van der Waals surface area contributed by atoms with Crippen LogP contribution >= 0.6 is 0 Å². The lowest BCUT2D eigenvalue weighted by Crippen LogP contribution is -2.15. The van der Waals surface area contributed by atoms with E-state index in [1.54, 1.807) is 19.9 Å². The average Bonchev–Trinajstić information content (AvgIpc) is 3.25. The molecule has 8 heteroatoms. The molecule has 1 aliphatic carbocycles. The molecule has 0 aliphatic heterocycles. The van der Waals surface area contributed by atoms with Crippen molar-refractivity contribution in [1.82, 2.24) is 15.1 Å². The van der Waals surface area contributed by atoms with Gasteiger partial charge < -0.3 is 9.51 Å². The largest absolute Gasteiger partial charge is 0.361 e. The van der Waals surface area contributed by atoms with Gasteiger partial charge in [0.2, 0.25) is 0 Å². The summed E-state index contributed by atoms with van der Waals surface area (Å²) in [6.45, 7) is 7.37. The minimum Gasteiger partial charge on any atom is -0.361 e. The van der Waals surface area contributed by atoms with Gasteiger partial charge >= 0.3 is 0 Å². The predicted molar refractivity (Wildman–Crippen MR) is 102 cm³/mol. The molecule has 0 amide bonds. The number of nitrogens with zero attached hydrogens (tertiary/aromatic N) is 2. The van der Waals surface area contributed by atoms with Crippen LogP contribution in [-0.4, -0.2) is 23.5 Å². The second kappa shape index (κ2) is 6.23. The van der Waals surface area contributed by atoms with Gasteiger partial charge in [0.25, 0.3) is 15.9 Å². The molecule has 0 spiro atoms. The van der Waals surface area contributed by atoms with Gasteiger partial charge in [-0.3, -0.25) is 4.72 Å². The Kier molecular flexibility index (Phi) is 4.10. The summed E-state index contributed by atoms with van der Waals surface area (Å²) in [7, 11) is -3.85. The molecule has 1 aromatic carbocycles. The summed E-state index contributed by atoms with van der Waals surface area (Å²) in [5.74, 6) is 1.21. The number of sulfonamides is 1. The molecule has 0 atom stereocenters. The summed E-state index contributed by atoms with van der Waals surface area (Å²) in [5.41, 5.74) is 4.11. The first-order chi connectivity index (χ1) is 12.8. The van der Waals surface area contributed by atoms with Crippen LogP contribution in [0.15, 0.2) is 27.6 Å². The van der Waals surface area contributed by atoms with Gasteiger partial charge in [-0.15, -0.1) is 0 Å². The highest BCUT2D eigenvalue weighted by atomic mass is 32.2. The maximum Gasteiger partial charge on any atom is 0.264 e. The molecule has 142 valence electrons. The number of aromatic amines is 1. The summed E-state index contributed by atoms with van der Waals surface area (Å²) < 4.78 is 34.6. The van der Waals surface area contributed by atoms with Crippen LogP contribution in [0, 0.1) is 27.7 Å². The average molecular weight is 386 g/mol. The minimum atomic E-state index is -3.85. The van der Waals surface area contributed by atoms with Crippen molar-refractivity contribution in [3.05, 3.63) is 46.5 Å². The first-order valence-corrected chi connectivity index (χ1v) is 10.4. The van der Waals surface area contributed by atoms with E-state index in [9.17, 15) is 8.42 Å². The molecule has 7 nitrogen and oxygen atoms in total. The van der Waals surface area contributed by atoms with E-state index in [0.29, 0.717) is 34.4 Å². The SMILES string of the molecule is Cc1cccc(NS(=O)(=O)c2c(C)[nH]c(C)c2-c2nc(C3CC3)no2)c1C. The van der Waals surface area contributed by atoms with Crippen LogP contribution in [-0.2, 0) is 10.0 Å². The fourth-order valence-electron chi connectivity index (χ4n) is 3.25. The second-order valence-electron chi connectivity index (χ2n) is 7.16. The topological polar surface area (TPSA) is 101 Å². The number of hydrogen-bond acceptors (Lipinski definition) is 5. The number of anilines is 1. The quantitative estimate of drug-likeness (QED) is 0.691. The third-order valence-corrected chi connectivity index (χ3v) is 6.57. The number of nitrogens with one attached hydrogen (secondary N) is 2. The smallest absolute Gasteiger partial charge is 0.264 e. The predicted octanol–water partition coefficient (Wildman–Crippen LogP) is 3.98. The van der Waals surface area contributed by atoms with Gasteiger partial charge in [0.15, 0.2) is 5.82 Å². The van der Waals surface area contributed by atoms with Crippen LogP contribution in [0.25, 0.3) is 11.5 Å². The van der Waals surface area contributed by atoms with Gasteiger partial charge in [-0.05, 0) is 57.7 Å². The summed E-state index contributed by atoms with van der Waals surface area (Å²) in [4.78, 5) is 7.68. The number of rotatable bonds is 5. The van der Waals surface area contributed by atoms with Crippen LogP contribution in [0.3, 0.4) is 0 Å². The Morgan fingerprint density at radius 2 is 1.89 bits per heavy atom. The molecule has 0 radical (unpaired) electrons. The third kappa shape index (κ3) is 3.14. The fraction of sp³-hybridized carbons (Fsp3) is 0.368. The summed E-state index contributed by atoms with van der Waals surface area (Å²) >= 11 is 0. The Morgan fingerprint density at radius 1 is 1.15 bits per heavy atom. The maximum atomic E-state index is 13.2. The fourth-order valence-corrected chi connectivity index (χ4v) is 4.83. The molecule has 27 heavy (non-hydrogen) atoms. The lowest BCUT2D eigenvalue weighted by atomic mass is 10.1. The first-order valence-electron chi connectivity index (χ1n) is 8.90. The molecule has 0 unspecified atom stereocenters. The second-order valence-corrected chi connectivity index (χ2v) is 8.78. The molecule has 2 aromatic heterocycles. The van der Waals surface area contributed by atoms with Crippen LogP contribution in [0.5, 0.6) is 0 Å². The van der Waals surface area contributed by atoms with Crippen molar-refractivity contribution in [3.8, 4) is 11.5 Å². The molecular formula is C19H22N4O3S. The van der Waals surface area contributed by atoms with Crippen molar-refractivity contribution in [2.45, 2.75) is 51.3 Å².